The fourth-order valence-electron chi connectivity index (χ4n) is 1.86. The number of methoxy groups -OCH3 is 2. The van der Waals surface area contributed by atoms with Gasteiger partial charge in [0.05, 0.1) is 25.6 Å². The zero-order valence-corrected chi connectivity index (χ0v) is 12.9. The summed E-state index contributed by atoms with van der Waals surface area (Å²) >= 11 is 0. The Hall–Kier alpha value is -3.16. The molecule has 0 bridgehead atoms. The molecule has 2 N–H and O–H groups in total. The number of rotatable bonds is 4. The SMILES string of the molecule is COc1ccc(OC)c(NC(=O)C(=O)Nc2ccc(F)cc2F)c1. The highest BCUT2D eigenvalue weighted by molar-refractivity contribution is 6.43. The van der Waals surface area contributed by atoms with E-state index in [0.717, 1.165) is 12.1 Å². The fourth-order valence-corrected chi connectivity index (χ4v) is 1.86. The summed E-state index contributed by atoms with van der Waals surface area (Å²) in [6.45, 7) is 0. The first-order valence-corrected chi connectivity index (χ1v) is 6.74. The number of carbonyl (C=O) groups is 2. The number of hydrogen-bond donors (Lipinski definition) is 2. The molecule has 2 amide bonds. The molecule has 2 aromatic rings. The number of carbonyl (C=O) groups excluding carboxylic acids is 2. The van der Waals surface area contributed by atoms with Crippen LogP contribution in [-0.4, -0.2) is 26.0 Å². The summed E-state index contributed by atoms with van der Waals surface area (Å²) in [5.74, 6) is -3.21. The van der Waals surface area contributed by atoms with Crippen LogP contribution < -0.4 is 20.1 Å². The average molecular weight is 336 g/mol. The van der Waals surface area contributed by atoms with E-state index < -0.39 is 23.4 Å². The van der Waals surface area contributed by atoms with Crippen LogP contribution in [0.2, 0.25) is 0 Å². The van der Waals surface area contributed by atoms with Crippen LogP contribution in [0.3, 0.4) is 0 Å². The van der Waals surface area contributed by atoms with Crippen LogP contribution in [0.4, 0.5) is 20.2 Å². The summed E-state index contributed by atoms with van der Waals surface area (Å²) < 4.78 is 36.4. The maximum atomic E-state index is 13.5. The molecule has 0 aliphatic carbocycles. The molecule has 6 nitrogen and oxygen atoms in total. The van der Waals surface area contributed by atoms with E-state index in [0.29, 0.717) is 17.6 Å². The van der Waals surface area contributed by atoms with E-state index in [1.807, 2.05) is 0 Å². The van der Waals surface area contributed by atoms with Crippen molar-refractivity contribution >= 4 is 23.2 Å². The van der Waals surface area contributed by atoms with Gasteiger partial charge in [0.15, 0.2) is 0 Å². The zero-order chi connectivity index (χ0) is 17.7. The maximum Gasteiger partial charge on any atom is 0.314 e. The Kier molecular flexibility index (Phi) is 5.31. The van der Waals surface area contributed by atoms with Gasteiger partial charge in [0.25, 0.3) is 0 Å². The summed E-state index contributed by atoms with van der Waals surface area (Å²) in [6.07, 6.45) is 0. The Labute approximate surface area is 136 Å². The Balaban J connectivity index is 2.13. The molecule has 0 saturated carbocycles. The van der Waals surface area contributed by atoms with Crippen molar-refractivity contribution in [3.8, 4) is 11.5 Å². The van der Waals surface area contributed by atoms with E-state index >= 15 is 0 Å². The van der Waals surface area contributed by atoms with Crippen molar-refractivity contribution < 1.29 is 27.8 Å². The van der Waals surface area contributed by atoms with E-state index in [4.69, 9.17) is 9.47 Å². The minimum absolute atomic E-state index is 0.205. The second kappa shape index (κ2) is 7.40. The molecular weight excluding hydrogens is 322 g/mol. The summed E-state index contributed by atoms with van der Waals surface area (Å²) in [7, 11) is 2.84. The van der Waals surface area contributed by atoms with Crippen LogP contribution in [-0.2, 0) is 9.59 Å². The second-order valence-electron chi connectivity index (χ2n) is 4.60. The van der Waals surface area contributed by atoms with Crippen molar-refractivity contribution in [3.63, 3.8) is 0 Å². The highest BCUT2D eigenvalue weighted by Gasteiger charge is 2.18. The molecular formula is C16H14F2N2O4. The summed E-state index contributed by atoms with van der Waals surface area (Å²) in [4.78, 5) is 23.8. The van der Waals surface area contributed by atoms with Crippen molar-refractivity contribution in [2.24, 2.45) is 0 Å². The predicted octanol–water partition coefficient (Wildman–Crippen LogP) is 2.56. The van der Waals surface area contributed by atoms with E-state index in [9.17, 15) is 18.4 Å². The van der Waals surface area contributed by atoms with Gasteiger partial charge in [-0.15, -0.1) is 0 Å². The molecule has 0 saturated heterocycles. The molecule has 0 spiro atoms. The van der Waals surface area contributed by atoms with E-state index in [1.54, 1.807) is 12.1 Å². The monoisotopic (exact) mass is 336 g/mol. The van der Waals surface area contributed by atoms with Gasteiger partial charge in [0.2, 0.25) is 0 Å². The van der Waals surface area contributed by atoms with Crippen LogP contribution in [0, 0.1) is 11.6 Å². The molecule has 126 valence electrons. The van der Waals surface area contributed by atoms with E-state index in [-0.39, 0.29) is 11.4 Å². The molecule has 0 radical (unpaired) electrons. The molecule has 0 aliphatic heterocycles. The number of anilines is 2. The number of benzene rings is 2. The lowest BCUT2D eigenvalue weighted by Gasteiger charge is -2.12. The average Bonchev–Trinajstić information content (AvgIpc) is 2.57. The number of hydrogen-bond acceptors (Lipinski definition) is 4. The lowest BCUT2D eigenvalue weighted by molar-refractivity contribution is -0.133. The molecule has 24 heavy (non-hydrogen) atoms. The Morgan fingerprint density at radius 1 is 0.875 bits per heavy atom. The van der Waals surface area contributed by atoms with Crippen molar-refractivity contribution in [1.82, 2.24) is 0 Å². The van der Waals surface area contributed by atoms with Gasteiger partial charge in [-0.25, -0.2) is 8.78 Å². The van der Waals surface area contributed by atoms with Gasteiger partial charge in [-0.2, -0.15) is 0 Å². The summed E-state index contributed by atoms with van der Waals surface area (Å²) in [5.41, 5.74) is -0.106. The molecule has 8 heteroatoms. The van der Waals surface area contributed by atoms with E-state index in [1.165, 1.54) is 20.3 Å². The second-order valence-corrected chi connectivity index (χ2v) is 4.60. The van der Waals surface area contributed by atoms with Gasteiger partial charge in [-0.1, -0.05) is 0 Å². The van der Waals surface area contributed by atoms with Crippen molar-refractivity contribution in [2.45, 2.75) is 0 Å². The van der Waals surface area contributed by atoms with Gasteiger partial charge in [-0.05, 0) is 24.3 Å². The largest absolute Gasteiger partial charge is 0.497 e. The van der Waals surface area contributed by atoms with Crippen LogP contribution in [0.5, 0.6) is 11.5 Å². The molecule has 0 heterocycles. The number of nitrogens with one attached hydrogen (secondary N) is 2. The van der Waals surface area contributed by atoms with E-state index in [2.05, 4.69) is 10.6 Å². The maximum absolute atomic E-state index is 13.5. The van der Waals surface area contributed by atoms with Gasteiger partial charge in [0.1, 0.15) is 23.1 Å². The van der Waals surface area contributed by atoms with Gasteiger partial charge >= 0.3 is 11.8 Å². The first-order chi connectivity index (χ1) is 11.4. The van der Waals surface area contributed by atoms with Crippen molar-refractivity contribution in [2.75, 3.05) is 24.9 Å². The molecule has 0 aromatic heterocycles. The minimum Gasteiger partial charge on any atom is -0.497 e. The quantitative estimate of drug-likeness (QED) is 0.842. The van der Waals surface area contributed by atoms with Gasteiger partial charge < -0.3 is 20.1 Å². The standard InChI is InChI=1S/C16H14F2N2O4/c1-23-10-4-6-14(24-2)13(8-10)20-16(22)15(21)19-12-5-3-9(17)7-11(12)18/h3-8H,1-2H3,(H,19,21)(H,20,22). The first-order valence-electron chi connectivity index (χ1n) is 6.74. The van der Waals surface area contributed by atoms with Crippen molar-refractivity contribution in [1.29, 1.82) is 0 Å². The highest BCUT2D eigenvalue weighted by Crippen LogP contribution is 2.28. The lowest BCUT2D eigenvalue weighted by atomic mass is 10.2. The fraction of sp³-hybridized carbons (Fsp3) is 0.125. The highest BCUT2D eigenvalue weighted by atomic mass is 19.1. The Morgan fingerprint density at radius 2 is 1.54 bits per heavy atom. The minimum atomic E-state index is -1.12. The van der Waals surface area contributed by atoms with Crippen molar-refractivity contribution in [3.05, 3.63) is 48.0 Å². The topological polar surface area (TPSA) is 76.7 Å². The zero-order valence-electron chi connectivity index (χ0n) is 12.9. The van der Waals surface area contributed by atoms with Crippen LogP contribution in [0.25, 0.3) is 0 Å². The predicted molar refractivity (Wildman–Crippen MR) is 83.2 cm³/mol. The number of amides is 2. The number of halogens is 2. The van der Waals surface area contributed by atoms with Gasteiger partial charge in [0, 0.05) is 12.1 Å². The van der Waals surface area contributed by atoms with Crippen LogP contribution in [0.1, 0.15) is 0 Å². The molecule has 0 atom stereocenters. The molecule has 0 unspecified atom stereocenters. The molecule has 0 fully saturated rings. The molecule has 2 rings (SSSR count). The number of ether oxygens (including phenoxy) is 2. The lowest BCUT2D eigenvalue weighted by Crippen LogP contribution is -2.29. The summed E-state index contributed by atoms with van der Waals surface area (Å²) in [5, 5.41) is 4.39. The Morgan fingerprint density at radius 3 is 2.12 bits per heavy atom. The first kappa shape index (κ1) is 17.2. The normalized spacial score (nSPS) is 10.0. The van der Waals surface area contributed by atoms with Crippen LogP contribution in [0.15, 0.2) is 36.4 Å². The Bertz CT molecular complexity index is 781. The van der Waals surface area contributed by atoms with Crippen LogP contribution >= 0.6 is 0 Å². The molecule has 2 aromatic carbocycles. The third kappa shape index (κ3) is 3.97. The smallest absolute Gasteiger partial charge is 0.314 e. The third-order valence-electron chi connectivity index (χ3n) is 3.04. The third-order valence-corrected chi connectivity index (χ3v) is 3.04. The summed E-state index contributed by atoms with van der Waals surface area (Å²) in [6, 6.07) is 7.19. The molecule has 0 aliphatic rings. The van der Waals surface area contributed by atoms with Gasteiger partial charge in [-0.3, -0.25) is 9.59 Å².